The highest BCUT2D eigenvalue weighted by molar-refractivity contribution is 5.82. The fourth-order valence-corrected chi connectivity index (χ4v) is 2.31. The van der Waals surface area contributed by atoms with Gasteiger partial charge in [-0.25, -0.2) is 9.59 Å². The van der Waals surface area contributed by atoms with Gasteiger partial charge in [0.1, 0.15) is 6.04 Å². The normalized spacial score (nSPS) is 22.4. The molecular weight excluding hydrogens is 260 g/mol. The van der Waals surface area contributed by atoms with Crippen LogP contribution >= 0.6 is 0 Å². The lowest BCUT2D eigenvalue weighted by atomic mass is 9.93. The number of nitrogens with one attached hydrogen (secondary N) is 1. The monoisotopic (exact) mass is 278 g/mol. The van der Waals surface area contributed by atoms with E-state index in [0.29, 0.717) is 24.6 Å². The van der Waals surface area contributed by atoms with Crippen molar-refractivity contribution in [2.75, 3.05) is 6.54 Å². The minimum atomic E-state index is -0.953. The zero-order valence-electron chi connectivity index (χ0n) is 11.3. The van der Waals surface area contributed by atoms with Gasteiger partial charge in [0.2, 0.25) is 0 Å². The van der Waals surface area contributed by atoms with Gasteiger partial charge in [0, 0.05) is 12.7 Å². The predicted octanol–water partition coefficient (Wildman–Crippen LogP) is 0.871. The Morgan fingerprint density at radius 1 is 1.55 bits per heavy atom. The molecule has 0 bridgehead atoms. The molecule has 108 valence electrons. The Morgan fingerprint density at radius 3 is 3.00 bits per heavy atom. The highest BCUT2D eigenvalue weighted by Gasteiger charge is 2.34. The van der Waals surface area contributed by atoms with Crippen LogP contribution in [0.15, 0.2) is 18.3 Å². The molecule has 0 spiro atoms. The molecule has 2 unspecified atom stereocenters. The van der Waals surface area contributed by atoms with Crippen LogP contribution in [-0.4, -0.2) is 44.8 Å². The summed E-state index contributed by atoms with van der Waals surface area (Å²) in [4.78, 5) is 24.7. The first-order valence-electron chi connectivity index (χ1n) is 6.61. The van der Waals surface area contributed by atoms with Crippen LogP contribution in [0.3, 0.4) is 0 Å². The van der Waals surface area contributed by atoms with Crippen molar-refractivity contribution in [2.45, 2.75) is 32.4 Å². The maximum Gasteiger partial charge on any atom is 0.326 e. The maximum absolute atomic E-state index is 12.1. The van der Waals surface area contributed by atoms with Gasteiger partial charge in [0.05, 0.1) is 12.2 Å². The second-order valence-electron chi connectivity index (χ2n) is 5.05. The lowest BCUT2D eigenvalue weighted by Crippen LogP contribution is -2.53. The smallest absolute Gasteiger partial charge is 0.326 e. The predicted molar refractivity (Wildman–Crippen MR) is 70.8 cm³/mol. The summed E-state index contributed by atoms with van der Waals surface area (Å²) in [5.41, 5.74) is 0.637. The average molecular weight is 278 g/mol. The van der Waals surface area contributed by atoms with Crippen molar-refractivity contribution in [3.63, 3.8) is 0 Å². The molecule has 2 rings (SSSR count). The summed E-state index contributed by atoms with van der Waals surface area (Å²) in [6, 6.07) is 2.37. The molecule has 0 aromatic carbocycles. The third-order valence-corrected chi connectivity index (χ3v) is 3.46. The highest BCUT2D eigenvalue weighted by Crippen LogP contribution is 2.22. The largest absolute Gasteiger partial charge is 0.480 e. The number of piperidine rings is 1. The van der Waals surface area contributed by atoms with E-state index in [2.05, 4.69) is 15.5 Å². The van der Waals surface area contributed by atoms with Gasteiger partial charge in [-0.15, -0.1) is 0 Å². The van der Waals surface area contributed by atoms with Crippen LogP contribution in [0.4, 0.5) is 4.79 Å². The zero-order valence-corrected chi connectivity index (χ0v) is 11.3. The Morgan fingerprint density at radius 2 is 2.35 bits per heavy atom. The molecule has 7 nitrogen and oxygen atoms in total. The molecular formula is C13H18N4O3. The summed E-state index contributed by atoms with van der Waals surface area (Å²) in [7, 11) is 0. The number of carbonyl (C=O) groups excluding carboxylic acids is 1. The van der Waals surface area contributed by atoms with Crippen LogP contribution in [0, 0.1) is 5.92 Å². The van der Waals surface area contributed by atoms with Crippen molar-refractivity contribution in [3.8, 4) is 0 Å². The number of urea groups is 1. The standard InChI is InChI=1S/C13H18N4O3/c1-9-4-6-17(11(7-9)12(18)19)13(20)14-8-10-3-2-5-15-16-10/h2-3,5,9,11H,4,6-8H2,1H3,(H,14,20)(H,18,19). The van der Waals surface area contributed by atoms with E-state index in [-0.39, 0.29) is 12.6 Å². The second-order valence-corrected chi connectivity index (χ2v) is 5.05. The topological polar surface area (TPSA) is 95.4 Å². The van der Waals surface area contributed by atoms with Crippen molar-refractivity contribution in [2.24, 2.45) is 5.92 Å². The lowest BCUT2D eigenvalue weighted by molar-refractivity contribution is -0.143. The van der Waals surface area contributed by atoms with E-state index in [1.54, 1.807) is 18.3 Å². The van der Waals surface area contributed by atoms with Crippen LogP contribution in [0.2, 0.25) is 0 Å². The quantitative estimate of drug-likeness (QED) is 0.855. The molecule has 1 saturated heterocycles. The number of aromatic nitrogens is 2. The molecule has 1 fully saturated rings. The second kappa shape index (κ2) is 6.31. The molecule has 2 atom stereocenters. The zero-order chi connectivity index (χ0) is 14.5. The summed E-state index contributed by atoms with van der Waals surface area (Å²) in [6.07, 6.45) is 2.87. The molecule has 2 amide bonds. The van der Waals surface area contributed by atoms with Crippen molar-refractivity contribution >= 4 is 12.0 Å². The van der Waals surface area contributed by atoms with E-state index >= 15 is 0 Å². The average Bonchev–Trinajstić information content (AvgIpc) is 2.45. The van der Waals surface area contributed by atoms with Crippen LogP contribution < -0.4 is 5.32 Å². The van der Waals surface area contributed by atoms with Gasteiger partial charge in [0.25, 0.3) is 0 Å². The molecule has 7 heteroatoms. The number of carboxylic acid groups (broad SMARTS) is 1. The third kappa shape index (κ3) is 3.43. The van der Waals surface area contributed by atoms with Crippen LogP contribution in [0.5, 0.6) is 0 Å². The first kappa shape index (κ1) is 14.2. The Labute approximate surface area is 117 Å². The molecule has 2 heterocycles. The van der Waals surface area contributed by atoms with Gasteiger partial charge < -0.3 is 15.3 Å². The Hall–Kier alpha value is -2.18. The molecule has 0 aliphatic carbocycles. The van der Waals surface area contributed by atoms with Gasteiger partial charge in [-0.3, -0.25) is 0 Å². The Balaban J connectivity index is 1.95. The van der Waals surface area contributed by atoms with Crippen LogP contribution in [0.1, 0.15) is 25.5 Å². The van der Waals surface area contributed by atoms with Crippen molar-refractivity contribution in [3.05, 3.63) is 24.0 Å². The van der Waals surface area contributed by atoms with Gasteiger partial charge in [0.15, 0.2) is 0 Å². The summed E-state index contributed by atoms with van der Waals surface area (Å²) in [5, 5.41) is 19.5. The minimum absolute atomic E-state index is 0.241. The van der Waals surface area contributed by atoms with Gasteiger partial charge in [-0.05, 0) is 30.9 Å². The summed E-state index contributed by atoms with van der Waals surface area (Å²) < 4.78 is 0. The van der Waals surface area contributed by atoms with E-state index in [9.17, 15) is 14.7 Å². The van der Waals surface area contributed by atoms with Crippen molar-refractivity contribution in [1.29, 1.82) is 0 Å². The molecule has 1 aliphatic rings. The van der Waals surface area contributed by atoms with Gasteiger partial charge in [-0.1, -0.05) is 6.92 Å². The summed E-state index contributed by atoms with van der Waals surface area (Å²) in [6.45, 7) is 2.71. The number of carbonyl (C=O) groups is 2. The number of rotatable bonds is 3. The molecule has 1 aromatic heterocycles. The summed E-state index contributed by atoms with van der Waals surface area (Å²) >= 11 is 0. The summed E-state index contributed by atoms with van der Waals surface area (Å²) in [5.74, 6) is -0.633. The number of likely N-dealkylation sites (tertiary alicyclic amines) is 1. The van der Waals surface area contributed by atoms with E-state index in [1.165, 1.54) is 4.90 Å². The number of hydrogen-bond acceptors (Lipinski definition) is 4. The number of aliphatic carboxylic acids is 1. The van der Waals surface area contributed by atoms with Crippen molar-refractivity contribution < 1.29 is 14.7 Å². The first-order valence-corrected chi connectivity index (χ1v) is 6.61. The Bertz CT molecular complexity index is 480. The van der Waals surface area contributed by atoms with E-state index in [0.717, 1.165) is 6.42 Å². The van der Waals surface area contributed by atoms with E-state index < -0.39 is 12.0 Å². The van der Waals surface area contributed by atoms with Crippen LogP contribution in [-0.2, 0) is 11.3 Å². The van der Waals surface area contributed by atoms with Gasteiger partial charge in [-0.2, -0.15) is 10.2 Å². The molecule has 1 aromatic rings. The fraction of sp³-hybridized carbons (Fsp3) is 0.538. The lowest BCUT2D eigenvalue weighted by Gasteiger charge is -2.35. The van der Waals surface area contributed by atoms with Crippen molar-refractivity contribution in [1.82, 2.24) is 20.4 Å². The number of carboxylic acids is 1. The van der Waals surface area contributed by atoms with E-state index in [1.807, 2.05) is 6.92 Å². The highest BCUT2D eigenvalue weighted by atomic mass is 16.4. The molecule has 0 saturated carbocycles. The maximum atomic E-state index is 12.1. The SMILES string of the molecule is CC1CCN(C(=O)NCc2cccnn2)C(C(=O)O)C1. The number of hydrogen-bond donors (Lipinski definition) is 2. The number of amides is 2. The Kier molecular flexibility index (Phi) is 4.49. The van der Waals surface area contributed by atoms with E-state index in [4.69, 9.17) is 0 Å². The minimum Gasteiger partial charge on any atom is -0.480 e. The molecule has 2 N–H and O–H groups in total. The van der Waals surface area contributed by atoms with Gasteiger partial charge >= 0.3 is 12.0 Å². The van der Waals surface area contributed by atoms with Crippen LogP contribution in [0.25, 0.3) is 0 Å². The molecule has 0 radical (unpaired) electrons. The molecule has 1 aliphatic heterocycles. The number of nitrogens with zero attached hydrogens (tertiary/aromatic N) is 3. The molecule has 20 heavy (non-hydrogen) atoms. The first-order chi connectivity index (χ1) is 9.58. The third-order valence-electron chi connectivity index (χ3n) is 3.46. The fourth-order valence-electron chi connectivity index (χ4n) is 2.31.